The van der Waals surface area contributed by atoms with Gasteiger partial charge >= 0.3 is 24.2 Å². The van der Waals surface area contributed by atoms with Crippen LogP contribution in [0.5, 0.6) is 11.5 Å². The minimum absolute atomic E-state index is 0.0337. The smallest absolute Gasteiger partial charge is 0.462 e. The molecule has 2 N–H and O–H groups in total. The van der Waals surface area contributed by atoms with Crippen molar-refractivity contribution in [1.82, 2.24) is 0 Å². The van der Waals surface area contributed by atoms with Crippen molar-refractivity contribution in [2.45, 2.75) is 110 Å². The van der Waals surface area contributed by atoms with E-state index in [1.807, 2.05) is 20.8 Å². The molecule has 0 aromatic heterocycles. The van der Waals surface area contributed by atoms with Crippen molar-refractivity contribution in [3.8, 4) is 11.5 Å². The maximum atomic E-state index is 12.5. The largest absolute Gasteiger partial charge is 0.513 e. The van der Waals surface area contributed by atoms with Gasteiger partial charge in [-0.2, -0.15) is 0 Å². The lowest BCUT2D eigenvalue weighted by Gasteiger charge is -2.17. The van der Waals surface area contributed by atoms with Gasteiger partial charge in [-0.05, 0) is 50.3 Å². The summed E-state index contributed by atoms with van der Waals surface area (Å²) in [7, 11) is 0. The van der Waals surface area contributed by atoms with Crippen LogP contribution in [0.15, 0.2) is 18.2 Å². The van der Waals surface area contributed by atoms with Gasteiger partial charge in [0.05, 0.1) is 13.2 Å². The van der Waals surface area contributed by atoms with Gasteiger partial charge in [-0.25, -0.2) is 9.59 Å². The van der Waals surface area contributed by atoms with Crippen molar-refractivity contribution in [3.63, 3.8) is 0 Å². The standard InChI is InChI=1S/C30H47NO10/c1-5-8-11-14-27(32)38-21-22(4)39-28(33)24(31)19-23-15-16-25(40-29(34)36-17-12-9-6-2)26(20-23)41-30(35)37-18-13-10-7-3/h15-16,20,22,24H,5-14,17-19,21,31H2,1-4H3/t22-,24-/m0/s1. The molecular weight excluding hydrogens is 534 g/mol. The molecule has 11 heteroatoms. The summed E-state index contributed by atoms with van der Waals surface area (Å²) in [5, 5.41) is 0. The molecule has 0 amide bonds. The Kier molecular flexibility index (Phi) is 18.6. The summed E-state index contributed by atoms with van der Waals surface area (Å²) in [5.74, 6) is -1.16. The zero-order valence-corrected chi connectivity index (χ0v) is 24.9. The maximum Gasteiger partial charge on any atom is 0.513 e. The predicted octanol–water partition coefficient (Wildman–Crippen LogP) is 6.02. The number of carbonyl (C=O) groups is 4. The van der Waals surface area contributed by atoms with Crippen LogP contribution >= 0.6 is 0 Å². The molecule has 0 aliphatic heterocycles. The summed E-state index contributed by atoms with van der Waals surface area (Å²) in [5.41, 5.74) is 6.57. The molecule has 0 heterocycles. The minimum Gasteiger partial charge on any atom is -0.462 e. The van der Waals surface area contributed by atoms with E-state index in [4.69, 9.17) is 34.2 Å². The average molecular weight is 582 g/mol. The summed E-state index contributed by atoms with van der Waals surface area (Å²) in [6.07, 6.45) is 5.60. The van der Waals surface area contributed by atoms with Crippen LogP contribution in [0.25, 0.3) is 0 Å². The number of benzene rings is 1. The third-order valence-corrected chi connectivity index (χ3v) is 5.87. The van der Waals surface area contributed by atoms with Crippen LogP contribution in [0.4, 0.5) is 9.59 Å². The Balaban J connectivity index is 2.79. The van der Waals surface area contributed by atoms with Crippen molar-refractivity contribution < 1.29 is 47.6 Å². The Morgan fingerprint density at radius 3 is 1.90 bits per heavy atom. The van der Waals surface area contributed by atoms with Gasteiger partial charge in [-0.15, -0.1) is 0 Å². The lowest BCUT2D eigenvalue weighted by atomic mass is 10.1. The van der Waals surface area contributed by atoms with Crippen LogP contribution in [-0.2, 0) is 35.0 Å². The van der Waals surface area contributed by atoms with Gasteiger partial charge in [0.2, 0.25) is 0 Å². The van der Waals surface area contributed by atoms with Crippen molar-refractivity contribution in [3.05, 3.63) is 23.8 Å². The number of nitrogens with two attached hydrogens (primary N) is 1. The first-order valence-electron chi connectivity index (χ1n) is 14.6. The number of ether oxygens (including phenoxy) is 6. The van der Waals surface area contributed by atoms with Crippen LogP contribution in [0.2, 0.25) is 0 Å². The fourth-order valence-electron chi connectivity index (χ4n) is 3.56. The van der Waals surface area contributed by atoms with Gasteiger partial charge in [0, 0.05) is 6.42 Å². The molecule has 0 fully saturated rings. The fourth-order valence-corrected chi connectivity index (χ4v) is 3.56. The molecule has 0 saturated heterocycles. The first kappa shape index (κ1) is 35.7. The molecule has 11 nitrogen and oxygen atoms in total. The normalized spacial score (nSPS) is 12.1. The van der Waals surface area contributed by atoms with Crippen LogP contribution in [-0.4, -0.2) is 56.2 Å². The second-order valence-corrected chi connectivity index (χ2v) is 9.79. The third-order valence-electron chi connectivity index (χ3n) is 5.87. The monoisotopic (exact) mass is 581 g/mol. The van der Waals surface area contributed by atoms with E-state index in [1.54, 1.807) is 13.0 Å². The van der Waals surface area contributed by atoms with Crippen molar-refractivity contribution in [2.24, 2.45) is 5.73 Å². The molecule has 1 aromatic rings. The van der Waals surface area contributed by atoms with Crippen molar-refractivity contribution in [2.75, 3.05) is 19.8 Å². The van der Waals surface area contributed by atoms with Gasteiger partial charge in [0.25, 0.3) is 0 Å². The lowest BCUT2D eigenvalue weighted by molar-refractivity contribution is -0.159. The molecule has 232 valence electrons. The van der Waals surface area contributed by atoms with Crippen molar-refractivity contribution >= 4 is 24.2 Å². The van der Waals surface area contributed by atoms with Crippen LogP contribution in [0.1, 0.15) is 97.5 Å². The molecule has 0 aliphatic carbocycles. The Morgan fingerprint density at radius 1 is 0.756 bits per heavy atom. The molecular formula is C30H47NO10. The van der Waals surface area contributed by atoms with Gasteiger partial charge in [0.15, 0.2) is 11.5 Å². The molecule has 0 aliphatic rings. The number of hydrogen-bond acceptors (Lipinski definition) is 11. The Bertz CT molecular complexity index is 936. The molecule has 0 radical (unpaired) electrons. The highest BCUT2D eigenvalue weighted by atomic mass is 16.7. The number of rotatable bonds is 20. The van der Waals surface area contributed by atoms with Crippen LogP contribution < -0.4 is 15.2 Å². The molecule has 1 rings (SSSR count). The van der Waals surface area contributed by atoms with Gasteiger partial charge in [0.1, 0.15) is 18.8 Å². The molecule has 41 heavy (non-hydrogen) atoms. The quantitative estimate of drug-likeness (QED) is 0.0833. The number of esters is 2. The minimum atomic E-state index is -1.05. The van der Waals surface area contributed by atoms with E-state index >= 15 is 0 Å². The number of unbranched alkanes of at least 4 members (excludes halogenated alkanes) is 6. The Morgan fingerprint density at radius 2 is 1.32 bits per heavy atom. The fraction of sp³-hybridized carbons (Fsp3) is 0.667. The van der Waals surface area contributed by atoms with Crippen LogP contribution in [0.3, 0.4) is 0 Å². The summed E-state index contributed by atoms with van der Waals surface area (Å²) < 4.78 is 31.2. The summed E-state index contributed by atoms with van der Waals surface area (Å²) >= 11 is 0. The molecule has 1 aromatic carbocycles. The van der Waals surface area contributed by atoms with Crippen molar-refractivity contribution in [1.29, 1.82) is 0 Å². The Labute approximate surface area is 243 Å². The van der Waals surface area contributed by atoms with E-state index in [1.165, 1.54) is 12.1 Å². The average Bonchev–Trinajstić information content (AvgIpc) is 2.94. The van der Waals surface area contributed by atoms with Gasteiger partial charge in [-0.1, -0.05) is 65.4 Å². The van der Waals surface area contributed by atoms with E-state index in [0.29, 0.717) is 24.8 Å². The van der Waals surface area contributed by atoms with E-state index in [2.05, 4.69) is 0 Å². The van der Waals surface area contributed by atoms with E-state index in [9.17, 15) is 19.2 Å². The zero-order chi connectivity index (χ0) is 30.5. The number of hydrogen-bond donors (Lipinski definition) is 1. The van der Waals surface area contributed by atoms with Crippen LogP contribution in [0, 0.1) is 0 Å². The SMILES string of the molecule is CCCCCOC(=O)Oc1ccc(C[C@H](N)C(=O)O[C@@H](C)COC(=O)CCCCC)cc1OC(=O)OCCCCC. The lowest BCUT2D eigenvalue weighted by Crippen LogP contribution is -2.37. The zero-order valence-electron chi connectivity index (χ0n) is 24.9. The predicted molar refractivity (Wildman–Crippen MR) is 152 cm³/mol. The topological polar surface area (TPSA) is 150 Å². The molecule has 0 spiro atoms. The highest BCUT2D eigenvalue weighted by Crippen LogP contribution is 2.30. The summed E-state index contributed by atoms with van der Waals surface area (Å²) in [6.45, 7) is 8.03. The van der Waals surface area contributed by atoms with E-state index in [-0.39, 0.29) is 43.7 Å². The van der Waals surface area contributed by atoms with E-state index in [0.717, 1.165) is 44.9 Å². The molecule has 0 bridgehead atoms. The number of carbonyl (C=O) groups excluding carboxylic acids is 4. The maximum absolute atomic E-state index is 12.5. The third kappa shape index (κ3) is 16.5. The Hall–Kier alpha value is -3.34. The summed E-state index contributed by atoms with van der Waals surface area (Å²) in [4.78, 5) is 48.7. The van der Waals surface area contributed by atoms with Gasteiger partial charge in [-0.3, -0.25) is 9.59 Å². The summed E-state index contributed by atoms with van der Waals surface area (Å²) in [6, 6.07) is 3.37. The highest BCUT2D eigenvalue weighted by molar-refractivity contribution is 5.76. The first-order valence-corrected chi connectivity index (χ1v) is 14.6. The first-order chi connectivity index (χ1) is 19.7. The second kappa shape index (κ2) is 21.4. The highest BCUT2D eigenvalue weighted by Gasteiger charge is 2.22. The molecule has 2 atom stereocenters. The molecule has 0 unspecified atom stereocenters. The second-order valence-electron chi connectivity index (χ2n) is 9.79. The van der Waals surface area contributed by atoms with E-state index < -0.39 is 30.4 Å². The van der Waals surface area contributed by atoms with Gasteiger partial charge < -0.3 is 34.2 Å². The molecule has 0 saturated carbocycles.